The SMILES string of the molecule is CCOc1cc(C=C(C#N)S(=O)(=O)c2ccsc2)ccc1O. The minimum atomic E-state index is -3.83. The van der Waals surface area contributed by atoms with Crippen LogP contribution in [-0.2, 0) is 9.84 Å². The zero-order valence-corrected chi connectivity index (χ0v) is 13.3. The zero-order chi connectivity index (χ0) is 16.2. The van der Waals surface area contributed by atoms with Gasteiger partial charge < -0.3 is 9.84 Å². The molecule has 0 aliphatic rings. The van der Waals surface area contributed by atoms with Crippen LogP contribution in [0.2, 0.25) is 0 Å². The van der Waals surface area contributed by atoms with Crippen molar-refractivity contribution in [2.75, 3.05) is 6.61 Å². The molecule has 114 valence electrons. The number of rotatable bonds is 5. The summed E-state index contributed by atoms with van der Waals surface area (Å²) in [6, 6.07) is 7.56. The van der Waals surface area contributed by atoms with Crippen LogP contribution in [0, 0.1) is 11.3 Å². The van der Waals surface area contributed by atoms with Crippen molar-refractivity contribution >= 4 is 27.3 Å². The predicted molar refractivity (Wildman–Crippen MR) is 84.4 cm³/mol. The minimum Gasteiger partial charge on any atom is -0.504 e. The van der Waals surface area contributed by atoms with Gasteiger partial charge in [-0.3, -0.25) is 0 Å². The van der Waals surface area contributed by atoms with Crippen LogP contribution >= 0.6 is 11.3 Å². The van der Waals surface area contributed by atoms with Crippen molar-refractivity contribution in [1.82, 2.24) is 0 Å². The summed E-state index contributed by atoms with van der Waals surface area (Å²) < 4.78 is 29.9. The largest absolute Gasteiger partial charge is 0.504 e. The van der Waals surface area contributed by atoms with Gasteiger partial charge in [-0.15, -0.1) is 0 Å². The number of ether oxygens (including phenoxy) is 1. The lowest BCUT2D eigenvalue weighted by atomic mass is 10.2. The third-order valence-corrected chi connectivity index (χ3v) is 5.28. The number of nitrogens with zero attached hydrogens (tertiary/aromatic N) is 1. The highest BCUT2D eigenvalue weighted by Crippen LogP contribution is 2.29. The first-order chi connectivity index (χ1) is 10.5. The van der Waals surface area contributed by atoms with Gasteiger partial charge in [0, 0.05) is 5.38 Å². The van der Waals surface area contributed by atoms with Crippen LogP contribution in [0.25, 0.3) is 6.08 Å². The Morgan fingerprint density at radius 3 is 2.82 bits per heavy atom. The highest BCUT2D eigenvalue weighted by atomic mass is 32.2. The number of allylic oxidation sites excluding steroid dienone is 1. The fraction of sp³-hybridized carbons (Fsp3) is 0.133. The zero-order valence-electron chi connectivity index (χ0n) is 11.7. The van der Waals surface area contributed by atoms with Gasteiger partial charge in [0.15, 0.2) is 11.5 Å². The van der Waals surface area contributed by atoms with Gasteiger partial charge in [0.1, 0.15) is 11.0 Å². The molecule has 0 saturated heterocycles. The van der Waals surface area contributed by atoms with E-state index in [1.807, 2.05) is 0 Å². The third-order valence-electron chi connectivity index (χ3n) is 2.79. The van der Waals surface area contributed by atoms with E-state index in [0.29, 0.717) is 12.2 Å². The smallest absolute Gasteiger partial charge is 0.217 e. The van der Waals surface area contributed by atoms with Gasteiger partial charge in [-0.2, -0.15) is 16.6 Å². The van der Waals surface area contributed by atoms with Crippen molar-refractivity contribution in [3.05, 3.63) is 45.5 Å². The second-order valence-electron chi connectivity index (χ2n) is 4.24. The number of phenolic OH excluding ortho intramolecular Hbond substituents is 1. The Labute approximate surface area is 132 Å². The molecule has 0 radical (unpaired) electrons. The highest BCUT2D eigenvalue weighted by molar-refractivity contribution is 7.95. The van der Waals surface area contributed by atoms with E-state index >= 15 is 0 Å². The summed E-state index contributed by atoms with van der Waals surface area (Å²) in [5.74, 6) is 0.194. The fourth-order valence-electron chi connectivity index (χ4n) is 1.74. The van der Waals surface area contributed by atoms with Gasteiger partial charge in [-0.1, -0.05) is 6.07 Å². The standard InChI is InChI=1S/C15H13NO4S2/c1-2-20-15-8-11(3-4-14(15)17)7-13(9-16)22(18,19)12-5-6-21-10-12/h3-8,10,17H,2H2,1H3. The van der Waals surface area contributed by atoms with E-state index in [-0.39, 0.29) is 21.3 Å². The molecular weight excluding hydrogens is 322 g/mol. The summed E-state index contributed by atoms with van der Waals surface area (Å²) in [5, 5.41) is 21.9. The van der Waals surface area contributed by atoms with Crippen molar-refractivity contribution in [3.63, 3.8) is 0 Å². The van der Waals surface area contributed by atoms with Crippen LogP contribution in [-0.4, -0.2) is 20.1 Å². The van der Waals surface area contributed by atoms with E-state index in [2.05, 4.69) is 0 Å². The van der Waals surface area contributed by atoms with E-state index < -0.39 is 9.84 Å². The number of thiophene rings is 1. The van der Waals surface area contributed by atoms with Crippen LogP contribution in [0.15, 0.2) is 44.8 Å². The molecule has 5 nitrogen and oxygen atoms in total. The van der Waals surface area contributed by atoms with Crippen LogP contribution < -0.4 is 4.74 Å². The molecule has 0 atom stereocenters. The molecule has 1 N–H and O–H groups in total. The molecule has 1 aromatic carbocycles. The average Bonchev–Trinajstić information content (AvgIpc) is 3.03. The molecule has 0 bridgehead atoms. The third kappa shape index (κ3) is 3.30. The van der Waals surface area contributed by atoms with E-state index in [1.165, 1.54) is 47.1 Å². The Kier molecular flexibility index (Phi) is 4.85. The maximum Gasteiger partial charge on any atom is 0.217 e. The van der Waals surface area contributed by atoms with Crippen LogP contribution in [0.3, 0.4) is 0 Å². The van der Waals surface area contributed by atoms with Crippen LogP contribution in [0.4, 0.5) is 0 Å². The lowest BCUT2D eigenvalue weighted by molar-refractivity contribution is 0.318. The number of nitriles is 1. The molecule has 22 heavy (non-hydrogen) atoms. The maximum atomic E-state index is 12.3. The molecule has 0 aliphatic heterocycles. The average molecular weight is 335 g/mol. The molecule has 7 heteroatoms. The predicted octanol–water partition coefficient (Wildman–Crippen LogP) is 3.19. The van der Waals surface area contributed by atoms with Crippen LogP contribution in [0.1, 0.15) is 12.5 Å². The molecule has 0 unspecified atom stereocenters. The lowest BCUT2D eigenvalue weighted by Gasteiger charge is -2.07. The van der Waals surface area contributed by atoms with Gasteiger partial charge in [0.2, 0.25) is 9.84 Å². The Morgan fingerprint density at radius 2 is 2.23 bits per heavy atom. The van der Waals surface area contributed by atoms with E-state index in [0.717, 1.165) is 0 Å². The van der Waals surface area contributed by atoms with Gasteiger partial charge in [0.05, 0.1) is 11.5 Å². The lowest BCUT2D eigenvalue weighted by Crippen LogP contribution is -2.02. The first-order valence-corrected chi connectivity index (χ1v) is 8.76. The number of phenols is 1. The summed E-state index contributed by atoms with van der Waals surface area (Å²) in [6.45, 7) is 2.13. The number of benzene rings is 1. The Balaban J connectivity index is 2.46. The molecule has 0 aliphatic carbocycles. The van der Waals surface area contributed by atoms with Crippen molar-refractivity contribution in [1.29, 1.82) is 5.26 Å². The first kappa shape index (κ1) is 16.1. The monoisotopic (exact) mass is 335 g/mol. The number of sulfone groups is 1. The van der Waals surface area contributed by atoms with Crippen molar-refractivity contribution < 1.29 is 18.3 Å². The second-order valence-corrected chi connectivity index (χ2v) is 6.94. The summed E-state index contributed by atoms with van der Waals surface area (Å²) in [5.41, 5.74) is 0.455. The van der Waals surface area contributed by atoms with E-state index in [9.17, 15) is 18.8 Å². The fourth-order valence-corrected chi connectivity index (χ4v) is 3.93. The number of hydrogen-bond acceptors (Lipinski definition) is 6. The van der Waals surface area contributed by atoms with Crippen molar-refractivity contribution in [3.8, 4) is 17.6 Å². The van der Waals surface area contributed by atoms with Gasteiger partial charge in [-0.25, -0.2) is 8.42 Å². The van der Waals surface area contributed by atoms with Crippen molar-refractivity contribution in [2.24, 2.45) is 0 Å². The van der Waals surface area contributed by atoms with Gasteiger partial charge in [-0.05, 0) is 42.1 Å². The van der Waals surface area contributed by atoms with E-state index in [4.69, 9.17) is 4.74 Å². The van der Waals surface area contributed by atoms with Crippen LogP contribution in [0.5, 0.6) is 11.5 Å². The van der Waals surface area contributed by atoms with Gasteiger partial charge >= 0.3 is 0 Å². The first-order valence-electron chi connectivity index (χ1n) is 6.34. The maximum absolute atomic E-state index is 12.3. The summed E-state index contributed by atoms with van der Waals surface area (Å²) in [6.07, 6.45) is 1.26. The second kappa shape index (κ2) is 6.64. The quantitative estimate of drug-likeness (QED) is 0.848. The Morgan fingerprint density at radius 1 is 1.45 bits per heavy atom. The van der Waals surface area contributed by atoms with Crippen molar-refractivity contribution in [2.45, 2.75) is 11.8 Å². The number of aromatic hydroxyl groups is 1. The molecular formula is C15H13NO4S2. The summed E-state index contributed by atoms with van der Waals surface area (Å²) in [7, 11) is -3.83. The molecule has 2 aromatic rings. The minimum absolute atomic E-state index is 0.0433. The Bertz CT molecular complexity index is 831. The number of hydrogen-bond donors (Lipinski definition) is 1. The summed E-state index contributed by atoms with van der Waals surface area (Å²) >= 11 is 1.24. The molecule has 0 amide bonds. The molecule has 0 saturated carbocycles. The normalized spacial score (nSPS) is 11.9. The molecule has 0 spiro atoms. The van der Waals surface area contributed by atoms with Gasteiger partial charge in [0.25, 0.3) is 0 Å². The molecule has 2 rings (SSSR count). The Hall–Kier alpha value is -2.30. The molecule has 1 heterocycles. The summed E-state index contributed by atoms with van der Waals surface area (Å²) in [4.78, 5) is -0.270. The molecule has 0 fully saturated rings. The molecule has 1 aromatic heterocycles. The highest BCUT2D eigenvalue weighted by Gasteiger charge is 2.21. The van der Waals surface area contributed by atoms with E-state index in [1.54, 1.807) is 18.4 Å². The topological polar surface area (TPSA) is 87.4 Å².